The number of amides is 1. The van der Waals surface area contributed by atoms with Crippen LogP contribution in [0.25, 0.3) is 0 Å². The highest BCUT2D eigenvalue weighted by Gasteiger charge is 2.37. The first-order chi connectivity index (χ1) is 15.4. The van der Waals surface area contributed by atoms with Crippen LogP contribution >= 0.6 is 11.8 Å². The molecule has 0 fully saturated rings. The van der Waals surface area contributed by atoms with E-state index in [1.807, 2.05) is 49.9 Å². The molecule has 0 saturated heterocycles. The maximum Gasteiger partial charge on any atom is 0.306 e. The molecular weight excluding hydrogens is 452 g/mol. The third kappa shape index (κ3) is 9.43. The van der Waals surface area contributed by atoms with Crippen molar-refractivity contribution in [2.45, 2.75) is 77.4 Å². The second kappa shape index (κ2) is 13.5. The van der Waals surface area contributed by atoms with Gasteiger partial charge in [0, 0.05) is 25.8 Å². The summed E-state index contributed by atoms with van der Waals surface area (Å²) < 4.78 is 11.3. The van der Waals surface area contributed by atoms with Gasteiger partial charge in [-0.15, -0.1) is 0 Å². The number of carbonyl (C=O) groups excluding carboxylic acids is 2. The molecule has 0 bridgehead atoms. The lowest BCUT2D eigenvalue weighted by molar-refractivity contribution is -0.143. The number of nitrogens with one attached hydrogen (secondary N) is 2. The number of hydrogen-bond donors (Lipinski definition) is 2. The SMILES string of the molecule is CCOC(=O)CCc1cccc(C(C)(CCSCCO[Si](C)(C)C(C)(C)C)C(=O)NNC)c1. The number of carbonyl (C=O) groups is 2. The fraction of sp³-hybridized carbons (Fsp3) is 0.680. The van der Waals surface area contributed by atoms with Gasteiger partial charge in [0.25, 0.3) is 0 Å². The maximum absolute atomic E-state index is 13.0. The zero-order valence-corrected chi connectivity index (χ0v) is 23.6. The number of ether oxygens (including phenoxy) is 1. The Morgan fingerprint density at radius 1 is 1.12 bits per heavy atom. The molecule has 2 N–H and O–H groups in total. The lowest BCUT2D eigenvalue weighted by Crippen LogP contribution is -2.47. The topological polar surface area (TPSA) is 76.7 Å². The van der Waals surface area contributed by atoms with Crippen LogP contribution in [0, 0.1) is 0 Å². The molecule has 1 aromatic carbocycles. The number of esters is 1. The van der Waals surface area contributed by atoms with E-state index in [4.69, 9.17) is 9.16 Å². The van der Waals surface area contributed by atoms with Gasteiger partial charge in [-0.3, -0.25) is 15.0 Å². The number of hydrazine groups is 1. The first kappa shape index (κ1) is 29.7. The zero-order chi connectivity index (χ0) is 25.1. The Balaban J connectivity index is 2.77. The summed E-state index contributed by atoms with van der Waals surface area (Å²) >= 11 is 1.82. The van der Waals surface area contributed by atoms with E-state index in [0.717, 1.165) is 29.2 Å². The molecule has 0 saturated carbocycles. The quantitative estimate of drug-likeness (QED) is 0.166. The highest BCUT2D eigenvalue weighted by molar-refractivity contribution is 7.99. The van der Waals surface area contributed by atoms with E-state index >= 15 is 0 Å². The van der Waals surface area contributed by atoms with E-state index in [0.29, 0.717) is 25.9 Å². The van der Waals surface area contributed by atoms with Gasteiger partial charge < -0.3 is 9.16 Å². The molecule has 0 aromatic heterocycles. The van der Waals surface area contributed by atoms with Crippen LogP contribution in [0.15, 0.2) is 24.3 Å². The van der Waals surface area contributed by atoms with Gasteiger partial charge in [0.2, 0.25) is 5.91 Å². The molecule has 6 nitrogen and oxygen atoms in total. The van der Waals surface area contributed by atoms with Gasteiger partial charge in [0.1, 0.15) is 0 Å². The molecular formula is C25H44N2O4SSi. The van der Waals surface area contributed by atoms with Crippen molar-refractivity contribution in [1.29, 1.82) is 0 Å². The Hall–Kier alpha value is -1.35. The average Bonchev–Trinajstić information content (AvgIpc) is 2.74. The van der Waals surface area contributed by atoms with Crippen molar-refractivity contribution < 1.29 is 18.8 Å². The number of thioether (sulfide) groups is 1. The predicted octanol–water partition coefficient (Wildman–Crippen LogP) is 4.84. The molecule has 1 atom stereocenters. The van der Waals surface area contributed by atoms with Crippen LogP contribution < -0.4 is 10.9 Å². The highest BCUT2D eigenvalue weighted by Crippen LogP contribution is 2.36. The summed E-state index contributed by atoms with van der Waals surface area (Å²) in [4.78, 5) is 24.7. The number of hydrogen-bond acceptors (Lipinski definition) is 6. The third-order valence-electron chi connectivity index (χ3n) is 6.47. The molecule has 1 aromatic rings. The molecule has 8 heteroatoms. The van der Waals surface area contributed by atoms with Crippen LogP contribution in [0.1, 0.15) is 58.6 Å². The van der Waals surface area contributed by atoms with Crippen LogP contribution in [-0.2, 0) is 30.6 Å². The van der Waals surface area contributed by atoms with Crippen molar-refractivity contribution in [1.82, 2.24) is 10.9 Å². The van der Waals surface area contributed by atoms with E-state index in [2.05, 4.69) is 44.7 Å². The zero-order valence-electron chi connectivity index (χ0n) is 21.8. The standard InChI is InChI=1S/C25H44N2O4SSi/c1-9-30-22(28)14-13-20-11-10-12-21(19-20)25(5,23(29)27-26-6)15-17-32-18-16-31-33(7,8)24(2,3)4/h10-12,19,26H,9,13-18H2,1-8H3,(H,27,29). The summed E-state index contributed by atoms with van der Waals surface area (Å²) in [5.41, 5.74) is 6.83. The fourth-order valence-electron chi connectivity index (χ4n) is 3.14. The molecule has 0 spiro atoms. The number of benzene rings is 1. The van der Waals surface area contributed by atoms with Gasteiger partial charge in [-0.2, -0.15) is 11.8 Å². The van der Waals surface area contributed by atoms with Crippen molar-refractivity contribution in [2.75, 3.05) is 31.8 Å². The third-order valence-corrected chi connectivity index (χ3v) is 12.0. The van der Waals surface area contributed by atoms with Crippen molar-refractivity contribution in [3.8, 4) is 0 Å². The maximum atomic E-state index is 13.0. The van der Waals surface area contributed by atoms with E-state index in [9.17, 15) is 9.59 Å². The second-order valence-electron chi connectivity index (χ2n) is 10.0. The summed E-state index contributed by atoms with van der Waals surface area (Å²) in [7, 11) is -0.0339. The minimum Gasteiger partial charge on any atom is -0.466 e. The highest BCUT2D eigenvalue weighted by atomic mass is 32.2. The molecule has 0 heterocycles. The van der Waals surface area contributed by atoms with Gasteiger partial charge in [-0.05, 0) is 61.7 Å². The van der Waals surface area contributed by atoms with Crippen LogP contribution in [0.2, 0.25) is 18.1 Å². The summed E-state index contributed by atoms with van der Waals surface area (Å²) in [5, 5.41) is 0.208. The van der Waals surface area contributed by atoms with Crippen molar-refractivity contribution in [2.24, 2.45) is 0 Å². The van der Waals surface area contributed by atoms with Crippen LogP contribution in [0.5, 0.6) is 0 Å². The summed E-state index contributed by atoms with van der Waals surface area (Å²) in [6.45, 7) is 16.2. The first-order valence-corrected chi connectivity index (χ1v) is 15.9. The molecule has 33 heavy (non-hydrogen) atoms. The van der Waals surface area contributed by atoms with Crippen molar-refractivity contribution >= 4 is 32.0 Å². The lowest BCUT2D eigenvalue weighted by atomic mass is 9.78. The smallest absolute Gasteiger partial charge is 0.306 e. The largest absolute Gasteiger partial charge is 0.466 e. The van der Waals surface area contributed by atoms with Crippen molar-refractivity contribution in [3.63, 3.8) is 0 Å². The first-order valence-electron chi connectivity index (χ1n) is 11.8. The fourth-order valence-corrected chi connectivity index (χ4v) is 5.29. The monoisotopic (exact) mass is 496 g/mol. The normalized spacial score (nSPS) is 13.9. The van der Waals surface area contributed by atoms with Crippen molar-refractivity contribution in [3.05, 3.63) is 35.4 Å². The molecule has 1 amide bonds. The minimum atomic E-state index is -1.73. The minimum absolute atomic E-state index is 0.0642. The Morgan fingerprint density at radius 2 is 1.82 bits per heavy atom. The molecule has 1 rings (SSSR count). The predicted molar refractivity (Wildman–Crippen MR) is 141 cm³/mol. The van der Waals surface area contributed by atoms with Gasteiger partial charge in [-0.1, -0.05) is 45.0 Å². The lowest BCUT2D eigenvalue weighted by Gasteiger charge is -2.36. The molecule has 0 radical (unpaired) electrons. The Morgan fingerprint density at radius 3 is 2.42 bits per heavy atom. The summed E-state index contributed by atoms with van der Waals surface area (Å²) in [5.74, 6) is 1.50. The van der Waals surface area contributed by atoms with E-state index < -0.39 is 13.7 Å². The number of rotatable bonds is 14. The molecule has 1 unspecified atom stereocenters. The Labute approximate surface area is 206 Å². The Kier molecular flexibility index (Phi) is 12.2. The van der Waals surface area contributed by atoms with Crippen LogP contribution in [-0.4, -0.2) is 52.0 Å². The van der Waals surface area contributed by atoms with Gasteiger partial charge in [0.15, 0.2) is 8.32 Å². The average molecular weight is 497 g/mol. The molecule has 0 aliphatic heterocycles. The molecule has 0 aliphatic rings. The summed E-state index contributed by atoms with van der Waals surface area (Å²) in [6, 6.07) is 7.99. The van der Waals surface area contributed by atoms with E-state index in [1.54, 1.807) is 7.05 Å². The van der Waals surface area contributed by atoms with E-state index in [-0.39, 0.29) is 16.9 Å². The van der Waals surface area contributed by atoms with Gasteiger partial charge in [0.05, 0.1) is 12.0 Å². The van der Waals surface area contributed by atoms with Crippen LogP contribution in [0.3, 0.4) is 0 Å². The van der Waals surface area contributed by atoms with Gasteiger partial charge >= 0.3 is 5.97 Å². The van der Waals surface area contributed by atoms with Crippen LogP contribution in [0.4, 0.5) is 0 Å². The van der Waals surface area contributed by atoms with Gasteiger partial charge in [-0.25, -0.2) is 5.43 Å². The summed E-state index contributed by atoms with van der Waals surface area (Å²) in [6.07, 6.45) is 1.63. The molecule has 188 valence electrons. The van der Waals surface area contributed by atoms with E-state index in [1.165, 1.54) is 0 Å². The second-order valence-corrected chi connectivity index (χ2v) is 16.0. The molecule has 0 aliphatic carbocycles. The Bertz CT molecular complexity index is 767. The number of aryl methyl sites for hydroxylation is 1.